The molecule has 2 aliphatic rings. The molecule has 0 amide bonds. The summed E-state index contributed by atoms with van der Waals surface area (Å²) in [7, 11) is -12.2. The second-order valence-electron chi connectivity index (χ2n) is 19.3. The molecule has 0 saturated heterocycles. The van der Waals surface area contributed by atoms with E-state index in [9.17, 15) is 35.9 Å². The van der Waals surface area contributed by atoms with E-state index in [1.807, 2.05) is 85.9 Å². The highest BCUT2D eigenvalue weighted by atomic mass is 32.2. The molecule has 2 aliphatic carbocycles. The van der Waals surface area contributed by atoms with E-state index in [-0.39, 0.29) is 34.5 Å². The fourth-order valence-corrected chi connectivity index (χ4v) is 7.69. The molecule has 0 bridgehead atoms. The number of anilines is 2. The molecule has 20 heteroatoms. The van der Waals surface area contributed by atoms with Crippen molar-refractivity contribution < 1.29 is 71.0 Å². The molecule has 74 heavy (non-hydrogen) atoms. The third kappa shape index (κ3) is 18.9. The Balaban J connectivity index is 0.00000101. The fraction of sp³-hybridized carbons (Fsp3) is 0.370. The predicted octanol–water partition coefficient (Wildman–Crippen LogP) is 11.1. The van der Waals surface area contributed by atoms with Crippen molar-refractivity contribution in [3.05, 3.63) is 178 Å². The zero-order chi connectivity index (χ0) is 56.9. The number of nitrogen functional groups attached to an aromatic ring is 2. The summed E-state index contributed by atoms with van der Waals surface area (Å²) in [5.41, 5.74) is 12.4. The number of nitrogens with two attached hydrogens (primary N) is 2. The van der Waals surface area contributed by atoms with Crippen molar-refractivity contribution in [2.24, 2.45) is 10.8 Å². The minimum atomic E-state index is -6.09. The molecule has 0 spiro atoms. The van der Waals surface area contributed by atoms with Crippen molar-refractivity contribution in [1.82, 2.24) is 0 Å². The van der Waals surface area contributed by atoms with Crippen LogP contribution in [0, 0.1) is 24.7 Å². The number of ketones is 2. The predicted molar refractivity (Wildman–Crippen MR) is 274 cm³/mol. The summed E-state index contributed by atoms with van der Waals surface area (Å²) in [5, 5.41) is 0. The third-order valence-corrected chi connectivity index (χ3v) is 13.2. The van der Waals surface area contributed by atoms with E-state index in [0.29, 0.717) is 24.2 Å². The number of alkyl halides is 6. The Morgan fingerprint density at radius 2 is 0.838 bits per heavy atom. The number of aromatic nitrogens is 2. The summed E-state index contributed by atoms with van der Waals surface area (Å²) in [6.07, 6.45) is 38.3. The van der Waals surface area contributed by atoms with Crippen LogP contribution in [-0.4, -0.2) is 48.5 Å². The smallest absolute Gasteiger partial charge is 0.485 e. The van der Waals surface area contributed by atoms with Crippen molar-refractivity contribution >= 4 is 43.2 Å². The average molecular weight is 1080 g/mol. The molecule has 2 aromatic heterocycles. The van der Waals surface area contributed by atoms with Crippen molar-refractivity contribution in [3.63, 3.8) is 0 Å². The van der Waals surface area contributed by atoms with E-state index >= 15 is 0 Å². The number of Topliss-reactive ketones (excluding diaryl/α,β-unsaturated/α-hetero) is 2. The zero-order valence-electron chi connectivity index (χ0n) is 43.5. The van der Waals surface area contributed by atoms with Crippen LogP contribution in [0.2, 0.25) is 0 Å². The first-order valence-corrected chi connectivity index (χ1v) is 25.7. The number of rotatable bonds is 12. The molecule has 2 heterocycles. The second kappa shape index (κ2) is 25.8. The van der Waals surface area contributed by atoms with E-state index in [4.69, 9.17) is 37.4 Å². The van der Waals surface area contributed by atoms with Gasteiger partial charge in [0.15, 0.2) is 45.0 Å². The summed E-state index contributed by atoms with van der Waals surface area (Å²) >= 11 is 0. The van der Waals surface area contributed by atoms with Crippen molar-refractivity contribution in [2.45, 2.75) is 119 Å². The van der Waals surface area contributed by atoms with Gasteiger partial charge in [0.1, 0.15) is 0 Å². The summed E-state index contributed by atoms with van der Waals surface area (Å²) in [5.74, 6) is 0.289. The van der Waals surface area contributed by atoms with Crippen LogP contribution in [0.5, 0.6) is 0 Å². The maximum atomic E-state index is 13.5. The Hall–Kier alpha value is -6.22. The molecule has 4 N–H and O–H groups in total. The third-order valence-electron chi connectivity index (χ3n) is 12.1. The molecule has 2 aromatic rings. The van der Waals surface area contributed by atoms with Crippen LogP contribution < -0.4 is 20.6 Å². The topological polar surface area (TPSA) is 208 Å². The highest BCUT2D eigenvalue weighted by Gasteiger charge is 2.44. The molecular formula is C54H66F6N4O8S2. The highest BCUT2D eigenvalue weighted by molar-refractivity contribution is 7.86. The molecule has 404 valence electrons. The van der Waals surface area contributed by atoms with Gasteiger partial charge in [-0.25, -0.2) is 16.8 Å². The van der Waals surface area contributed by atoms with Gasteiger partial charge in [0, 0.05) is 36.1 Å². The van der Waals surface area contributed by atoms with Gasteiger partial charge >= 0.3 is 11.0 Å². The van der Waals surface area contributed by atoms with Crippen LogP contribution in [0.4, 0.5) is 37.7 Å². The number of aryl methyl sites for hydroxylation is 2. The molecule has 0 aromatic carbocycles. The molecule has 0 radical (unpaired) electrons. The lowest BCUT2D eigenvalue weighted by atomic mass is 9.70. The van der Waals surface area contributed by atoms with Crippen LogP contribution in [0.3, 0.4) is 0 Å². The standard InChI is InChI=1S/C52H66N4O2.2CHF3O3S/c1-35(19-15-21-37(3)23-25-43-41(7)49(57)47(31-51(43,9)10)55-29-27-39(5)45(53)33-55)17-13-14-18-36(2)20-16-22-38(4)24-26-44-42(8)50(58)48(32-52(44,11)12)56-30-28-40(6)46(54)34-56;2*2-1(3,4)8(5,6)7/h13-30,33-34,47-48H,31-32,53-54H2,1-12H3;2*(H,5,6,7)/q+2;;/p-2/b14-13+,19-15+,20-16+,25-23+,26-24+,35-17+,36-18+,37-21+,38-22+;;. The summed E-state index contributed by atoms with van der Waals surface area (Å²) in [6.45, 7) is 25.0. The quantitative estimate of drug-likeness (QED) is 0.0675. The maximum Gasteiger partial charge on any atom is 0.485 e. The summed E-state index contributed by atoms with van der Waals surface area (Å²) < 4.78 is 122. The zero-order valence-corrected chi connectivity index (χ0v) is 45.1. The lowest BCUT2D eigenvalue weighted by Gasteiger charge is -2.34. The van der Waals surface area contributed by atoms with E-state index in [1.165, 1.54) is 0 Å². The van der Waals surface area contributed by atoms with Gasteiger partial charge < -0.3 is 20.6 Å². The highest BCUT2D eigenvalue weighted by Crippen LogP contribution is 2.44. The van der Waals surface area contributed by atoms with Crippen molar-refractivity contribution in [2.75, 3.05) is 11.5 Å². The Morgan fingerprint density at radius 1 is 0.568 bits per heavy atom. The van der Waals surface area contributed by atoms with Gasteiger partial charge in [-0.1, -0.05) is 135 Å². The minimum absolute atomic E-state index is 0.144. The SMILES string of the molecule is CC1=C(/C=C/C(C)=C/C=C/C(C)=C/C=C/C=C(C)/C=C/C=C(C)/C=C/C2=C(C)C(=O)C([n+]3ccc(C)c(N)c3)CC2(C)C)C(C)(C)CC([n+]2ccc(C)c(N)c2)C1=O.O=S(=O)([O-])C(F)(F)F.O=S(=O)([O-])C(F)(F)F. The Kier molecular flexibility index (Phi) is 22.3. The lowest BCUT2D eigenvalue weighted by molar-refractivity contribution is -0.710. The van der Waals surface area contributed by atoms with Gasteiger partial charge in [-0.15, -0.1) is 0 Å². The minimum Gasteiger partial charge on any atom is -0.741 e. The summed E-state index contributed by atoms with van der Waals surface area (Å²) in [4.78, 5) is 26.9. The molecule has 0 fully saturated rings. The van der Waals surface area contributed by atoms with Crippen LogP contribution >= 0.6 is 0 Å². The molecule has 4 rings (SSSR count). The van der Waals surface area contributed by atoms with Crippen molar-refractivity contribution in [1.29, 1.82) is 0 Å². The van der Waals surface area contributed by atoms with Crippen LogP contribution in [0.25, 0.3) is 0 Å². The Morgan fingerprint density at radius 3 is 1.11 bits per heavy atom. The second-order valence-corrected chi connectivity index (χ2v) is 22.0. The number of nitrogens with zero attached hydrogens (tertiary/aromatic N) is 2. The number of pyridine rings is 2. The number of hydrogen-bond donors (Lipinski definition) is 2. The molecule has 2 unspecified atom stereocenters. The van der Waals surface area contributed by atoms with Gasteiger partial charge in [-0.3, -0.25) is 9.59 Å². The first kappa shape index (κ1) is 63.9. The Bertz CT molecular complexity index is 2820. The van der Waals surface area contributed by atoms with E-state index in [1.54, 1.807) is 0 Å². The number of carbonyl (C=O) groups is 2. The largest absolute Gasteiger partial charge is 0.741 e. The molecule has 2 atom stereocenters. The van der Waals surface area contributed by atoms with Crippen molar-refractivity contribution in [3.8, 4) is 0 Å². The molecule has 0 saturated carbocycles. The molecule has 12 nitrogen and oxygen atoms in total. The van der Waals surface area contributed by atoms with Crippen LogP contribution in [0.1, 0.15) is 105 Å². The van der Waals surface area contributed by atoms with Gasteiger partial charge in [0.2, 0.25) is 23.7 Å². The van der Waals surface area contributed by atoms with E-state index in [0.717, 1.165) is 55.7 Å². The van der Waals surface area contributed by atoms with Gasteiger partial charge in [-0.05, 0) is 88.5 Å². The lowest BCUT2D eigenvalue weighted by Crippen LogP contribution is -2.48. The Labute approximate surface area is 431 Å². The first-order valence-electron chi connectivity index (χ1n) is 22.9. The maximum absolute atomic E-state index is 13.5. The van der Waals surface area contributed by atoms with E-state index in [2.05, 4.69) is 128 Å². The number of halogens is 6. The number of hydrogen-bond acceptors (Lipinski definition) is 10. The molecule has 0 aliphatic heterocycles. The van der Waals surface area contributed by atoms with E-state index < -0.39 is 31.3 Å². The fourth-order valence-electron chi connectivity index (χ4n) is 7.69. The number of carbonyl (C=O) groups excluding carboxylic acids is 2. The summed E-state index contributed by atoms with van der Waals surface area (Å²) in [6, 6.07) is 3.43. The number of allylic oxidation sites excluding steroid dienone is 22. The molecular weight excluding hydrogens is 1010 g/mol. The van der Waals surface area contributed by atoms with Gasteiger partial charge in [-0.2, -0.15) is 35.5 Å². The van der Waals surface area contributed by atoms with Crippen LogP contribution in [0.15, 0.2) is 167 Å². The normalized spacial score (nSPS) is 19.8. The van der Waals surface area contributed by atoms with Gasteiger partial charge in [0.25, 0.3) is 0 Å². The first-order chi connectivity index (χ1) is 33.7. The van der Waals surface area contributed by atoms with Crippen LogP contribution in [-0.2, 0) is 29.8 Å². The average Bonchev–Trinajstić information content (AvgIpc) is 3.26. The van der Waals surface area contributed by atoms with Gasteiger partial charge in [0.05, 0.1) is 11.4 Å². The monoisotopic (exact) mass is 1080 g/mol.